The second-order valence-electron chi connectivity index (χ2n) is 8.63. The summed E-state index contributed by atoms with van der Waals surface area (Å²) in [5.41, 5.74) is 0.998. The number of imide groups is 1. The molecule has 1 aliphatic heterocycles. The summed E-state index contributed by atoms with van der Waals surface area (Å²) in [7, 11) is 0. The Kier molecular flexibility index (Phi) is 5.91. The lowest BCUT2D eigenvalue weighted by molar-refractivity contribution is -0.576. The minimum absolute atomic E-state index is 0.115. The number of aromatic nitrogens is 3. The summed E-state index contributed by atoms with van der Waals surface area (Å²) in [6, 6.07) is 10.1. The molecule has 1 aliphatic carbocycles. The zero-order valence-electron chi connectivity index (χ0n) is 18.6. The smallest absolute Gasteiger partial charge is 0.295 e. The Labute approximate surface area is 206 Å². The molecule has 3 heterocycles. The largest absolute Gasteiger partial charge is 0.327 e. The van der Waals surface area contributed by atoms with Crippen LogP contribution in [-0.4, -0.2) is 32.5 Å². The van der Waals surface area contributed by atoms with E-state index < -0.39 is 11.5 Å². The lowest BCUT2D eigenvalue weighted by atomic mass is 9.94. The fourth-order valence-corrected chi connectivity index (χ4v) is 5.16. The lowest BCUT2D eigenvalue weighted by Crippen LogP contribution is -2.45. The van der Waals surface area contributed by atoms with Crippen LogP contribution in [0.25, 0.3) is 17.0 Å². The molecular formula is C25H23Cl2N4O3+. The molecule has 9 heteroatoms. The quantitative estimate of drug-likeness (QED) is 0.434. The first-order chi connectivity index (χ1) is 16.4. The number of carbonyl (C=O) groups is 2. The Hall–Kier alpha value is -3.16. The highest BCUT2D eigenvalue weighted by atomic mass is 35.5. The van der Waals surface area contributed by atoms with Crippen LogP contribution in [0.15, 0.2) is 53.6 Å². The average molecular weight is 498 g/mol. The van der Waals surface area contributed by atoms with Gasteiger partial charge >= 0.3 is 5.91 Å². The summed E-state index contributed by atoms with van der Waals surface area (Å²) in [4.78, 5) is 42.4. The van der Waals surface area contributed by atoms with Gasteiger partial charge in [-0.05, 0) is 38.0 Å². The van der Waals surface area contributed by atoms with Gasteiger partial charge in [-0.25, -0.2) is 4.68 Å². The SMILES string of the molecule is Cc1[nH]n(-c2ccc(Cl)c(Cl)c2)c(=O)c1C1=C([n+]2ccccc2)C(=O)N(C2CCCCC2)C1=O. The molecule has 1 aromatic carbocycles. The number of benzene rings is 1. The maximum absolute atomic E-state index is 13.8. The zero-order valence-corrected chi connectivity index (χ0v) is 20.1. The van der Waals surface area contributed by atoms with Crippen molar-refractivity contribution in [1.82, 2.24) is 14.7 Å². The fraction of sp³-hybridized carbons (Fsp3) is 0.280. The molecule has 2 aromatic heterocycles. The van der Waals surface area contributed by atoms with Crippen molar-refractivity contribution >= 4 is 46.3 Å². The molecule has 174 valence electrons. The third kappa shape index (κ3) is 3.69. The van der Waals surface area contributed by atoms with E-state index in [1.54, 1.807) is 54.2 Å². The standard InChI is InChI=1S/C25H22Cl2N4O3/c1-15-20(24(33)31(28-15)17-10-11-18(26)19(27)14-17)21-22(29-12-6-3-7-13-29)25(34)30(23(21)32)16-8-4-2-5-9-16/h3,6-7,10-14,16H,2,4-5,8-9H2,1H3/p+1. The molecule has 1 fully saturated rings. The summed E-state index contributed by atoms with van der Waals surface area (Å²) in [5, 5.41) is 3.70. The zero-order chi connectivity index (χ0) is 24.0. The molecule has 3 aromatic rings. The molecule has 2 aliphatic rings. The summed E-state index contributed by atoms with van der Waals surface area (Å²) < 4.78 is 2.93. The molecule has 1 saturated carbocycles. The van der Waals surface area contributed by atoms with Gasteiger partial charge in [0.05, 0.1) is 21.3 Å². The summed E-state index contributed by atoms with van der Waals surface area (Å²) in [6.45, 7) is 1.71. The van der Waals surface area contributed by atoms with Gasteiger partial charge in [0, 0.05) is 23.9 Å². The first-order valence-electron chi connectivity index (χ1n) is 11.2. The van der Waals surface area contributed by atoms with Crippen LogP contribution in [0.5, 0.6) is 0 Å². The molecule has 0 unspecified atom stereocenters. The van der Waals surface area contributed by atoms with E-state index in [0.29, 0.717) is 21.4 Å². The van der Waals surface area contributed by atoms with E-state index in [4.69, 9.17) is 23.2 Å². The summed E-state index contributed by atoms with van der Waals surface area (Å²) in [5.74, 6) is -0.798. The normalized spacial score (nSPS) is 17.2. The van der Waals surface area contributed by atoms with E-state index in [0.717, 1.165) is 32.1 Å². The molecule has 0 bridgehead atoms. The van der Waals surface area contributed by atoms with E-state index in [2.05, 4.69) is 5.10 Å². The molecule has 0 radical (unpaired) electrons. The van der Waals surface area contributed by atoms with Crippen LogP contribution >= 0.6 is 23.2 Å². The topological polar surface area (TPSA) is 79.1 Å². The van der Waals surface area contributed by atoms with Crippen molar-refractivity contribution in [2.24, 2.45) is 0 Å². The van der Waals surface area contributed by atoms with Gasteiger partial charge in [-0.1, -0.05) is 48.5 Å². The fourth-order valence-electron chi connectivity index (χ4n) is 4.87. The van der Waals surface area contributed by atoms with Crippen LogP contribution < -0.4 is 10.1 Å². The summed E-state index contributed by atoms with van der Waals surface area (Å²) >= 11 is 12.2. The number of hydrogen-bond acceptors (Lipinski definition) is 3. The van der Waals surface area contributed by atoms with Crippen molar-refractivity contribution in [1.29, 1.82) is 0 Å². The van der Waals surface area contributed by atoms with Crippen LogP contribution in [0, 0.1) is 6.92 Å². The number of amides is 2. The van der Waals surface area contributed by atoms with E-state index in [-0.39, 0.29) is 28.8 Å². The molecule has 5 rings (SSSR count). The van der Waals surface area contributed by atoms with Gasteiger partial charge in [0.15, 0.2) is 12.4 Å². The number of halogens is 2. The highest BCUT2D eigenvalue weighted by Gasteiger charge is 2.49. The van der Waals surface area contributed by atoms with Gasteiger partial charge < -0.3 is 0 Å². The molecular weight excluding hydrogens is 475 g/mol. The predicted octanol–water partition coefficient (Wildman–Crippen LogP) is 4.14. The van der Waals surface area contributed by atoms with Gasteiger partial charge in [-0.2, -0.15) is 4.57 Å². The van der Waals surface area contributed by atoms with Crippen molar-refractivity contribution in [2.75, 3.05) is 0 Å². The van der Waals surface area contributed by atoms with Gasteiger partial charge in [-0.15, -0.1) is 0 Å². The third-order valence-electron chi connectivity index (χ3n) is 6.49. The van der Waals surface area contributed by atoms with E-state index in [1.165, 1.54) is 9.58 Å². The Bertz CT molecular complexity index is 1380. The number of nitrogens with zero attached hydrogens (tertiary/aromatic N) is 3. The number of aromatic amines is 1. The van der Waals surface area contributed by atoms with Gasteiger partial charge in [0.2, 0.25) is 0 Å². The van der Waals surface area contributed by atoms with E-state index >= 15 is 0 Å². The Morgan fingerprint density at radius 3 is 2.32 bits per heavy atom. The molecule has 1 N–H and O–H groups in total. The Balaban J connectivity index is 1.70. The Morgan fingerprint density at radius 1 is 0.941 bits per heavy atom. The van der Waals surface area contributed by atoms with Gasteiger partial charge in [0.25, 0.3) is 17.2 Å². The molecule has 34 heavy (non-hydrogen) atoms. The van der Waals surface area contributed by atoms with E-state index in [9.17, 15) is 14.4 Å². The van der Waals surface area contributed by atoms with Crippen molar-refractivity contribution in [3.8, 4) is 5.69 Å². The first kappa shape index (κ1) is 22.6. The second-order valence-corrected chi connectivity index (χ2v) is 9.44. The molecule has 0 spiro atoms. The average Bonchev–Trinajstić information content (AvgIpc) is 3.27. The lowest BCUT2D eigenvalue weighted by Gasteiger charge is -2.29. The van der Waals surface area contributed by atoms with Gasteiger partial charge in [0.1, 0.15) is 5.57 Å². The number of aryl methyl sites for hydroxylation is 1. The molecule has 0 saturated heterocycles. The number of H-pyrrole nitrogens is 1. The van der Waals surface area contributed by atoms with Crippen LogP contribution in [0.4, 0.5) is 0 Å². The number of rotatable bonds is 4. The predicted molar refractivity (Wildman–Crippen MR) is 130 cm³/mol. The van der Waals surface area contributed by atoms with Crippen LogP contribution in [-0.2, 0) is 9.59 Å². The summed E-state index contributed by atoms with van der Waals surface area (Å²) in [6.07, 6.45) is 8.01. The monoisotopic (exact) mass is 497 g/mol. The number of carbonyl (C=O) groups excluding carboxylic acids is 2. The minimum atomic E-state index is -0.438. The van der Waals surface area contributed by atoms with Crippen LogP contribution in [0.2, 0.25) is 10.0 Å². The van der Waals surface area contributed by atoms with E-state index in [1.807, 2.05) is 6.07 Å². The van der Waals surface area contributed by atoms with Crippen molar-refractivity contribution in [3.63, 3.8) is 0 Å². The number of hydrogen-bond donors (Lipinski definition) is 1. The second kappa shape index (κ2) is 8.89. The highest BCUT2D eigenvalue weighted by molar-refractivity contribution is 6.44. The first-order valence-corrected chi connectivity index (χ1v) is 12.0. The molecule has 0 atom stereocenters. The Morgan fingerprint density at radius 2 is 1.65 bits per heavy atom. The maximum atomic E-state index is 13.8. The van der Waals surface area contributed by atoms with Crippen molar-refractivity contribution in [2.45, 2.75) is 45.1 Å². The molecule has 2 amide bonds. The minimum Gasteiger partial charge on any atom is -0.295 e. The highest BCUT2D eigenvalue weighted by Crippen LogP contribution is 2.35. The molecule has 7 nitrogen and oxygen atoms in total. The maximum Gasteiger partial charge on any atom is 0.327 e. The van der Waals surface area contributed by atoms with Crippen LogP contribution in [0.3, 0.4) is 0 Å². The van der Waals surface area contributed by atoms with Crippen molar-refractivity contribution < 1.29 is 14.2 Å². The van der Waals surface area contributed by atoms with Crippen molar-refractivity contribution in [3.05, 3.63) is 80.4 Å². The number of nitrogens with one attached hydrogen (secondary N) is 1. The third-order valence-corrected chi connectivity index (χ3v) is 7.23. The van der Waals surface area contributed by atoms with Crippen LogP contribution in [0.1, 0.15) is 43.4 Å². The number of pyridine rings is 1. The van der Waals surface area contributed by atoms with Gasteiger partial charge in [-0.3, -0.25) is 24.4 Å².